The number of aryl methyl sites for hydroxylation is 1. The maximum Gasteiger partial charge on any atom is 0.346 e. The number of imidazole rings is 1. The van der Waals surface area contributed by atoms with Crippen LogP contribution in [0.1, 0.15) is 26.1 Å². The lowest BCUT2D eigenvalue weighted by molar-refractivity contribution is -0.675. The van der Waals surface area contributed by atoms with Crippen LogP contribution in [0.5, 0.6) is 0 Å². The molecule has 0 N–H and O–H groups in total. The highest BCUT2D eigenvalue weighted by Gasteiger charge is 2.37. The van der Waals surface area contributed by atoms with Gasteiger partial charge in [-0.15, -0.1) is 0 Å². The fourth-order valence-electron chi connectivity index (χ4n) is 3.61. The topological polar surface area (TPSA) is 35.1 Å². The third kappa shape index (κ3) is 2.45. The van der Waals surface area contributed by atoms with Crippen molar-refractivity contribution in [2.75, 3.05) is 6.61 Å². The van der Waals surface area contributed by atoms with Gasteiger partial charge in [-0.25, -0.2) is 9.36 Å². The molecule has 0 saturated heterocycles. The van der Waals surface area contributed by atoms with Crippen molar-refractivity contribution in [1.29, 1.82) is 0 Å². The Bertz CT molecular complexity index is 984. The minimum atomic E-state index is -0.242. The zero-order valence-electron chi connectivity index (χ0n) is 14.5. The van der Waals surface area contributed by atoms with Crippen molar-refractivity contribution in [2.24, 2.45) is 0 Å². The van der Waals surface area contributed by atoms with Gasteiger partial charge in [0.15, 0.2) is 11.0 Å². The Morgan fingerprint density at radius 1 is 1.12 bits per heavy atom. The van der Waals surface area contributed by atoms with Crippen molar-refractivity contribution >= 4 is 22.6 Å². The van der Waals surface area contributed by atoms with Gasteiger partial charge in [-0.2, -0.15) is 4.57 Å². The van der Waals surface area contributed by atoms with Crippen LogP contribution in [0.15, 0.2) is 60.2 Å². The number of nitrogens with zero attached hydrogens (tertiary/aromatic N) is 2. The maximum atomic E-state index is 12.7. The van der Waals surface area contributed by atoms with Gasteiger partial charge in [-0.3, -0.25) is 0 Å². The van der Waals surface area contributed by atoms with E-state index < -0.39 is 0 Å². The minimum Gasteiger partial charge on any atom is -0.462 e. The molecule has 2 heterocycles. The Morgan fingerprint density at radius 3 is 2.60 bits per heavy atom. The van der Waals surface area contributed by atoms with Gasteiger partial charge in [-0.05, 0) is 43.7 Å². The second kappa shape index (κ2) is 6.20. The van der Waals surface area contributed by atoms with Crippen LogP contribution in [0.4, 0.5) is 0 Å². The van der Waals surface area contributed by atoms with Crippen LogP contribution in [0.2, 0.25) is 0 Å². The molecule has 0 bridgehead atoms. The molecule has 0 aliphatic carbocycles. The van der Waals surface area contributed by atoms with Gasteiger partial charge in [-0.1, -0.05) is 30.3 Å². The average molecular weight is 333 g/mol. The minimum absolute atomic E-state index is 0.242. The van der Waals surface area contributed by atoms with E-state index in [1.54, 1.807) is 0 Å². The van der Waals surface area contributed by atoms with Crippen molar-refractivity contribution in [3.05, 3.63) is 66.0 Å². The number of carbonyl (C=O) groups is 1. The first-order valence-electron chi connectivity index (χ1n) is 8.68. The van der Waals surface area contributed by atoms with E-state index in [4.69, 9.17) is 4.74 Å². The first-order valence-corrected chi connectivity index (χ1v) is 8.68. The van der Waals surface area contributed by atoms with Gasteiger partial charge in [0.1, 0.15) is 11.3 Å². The number of carbonyl (C=O) groups excluding carboxylic acids is 1. The fraction of sp³-hybridized carbons (Fsp3) is 0.238. The monoisotopic (exact) mass is 333 g/mol. The highest BCUT2D eigenvalue weighted by Crippen LogP contribution is 2.31. The van der Waals surface area contributed by atoms with E-state index in [0.717, 1.165) is 41.1 Å². The predicted molar refractivity (Wildman–Crippen MR) is 97.3 cm³/mol. The largest absolute Gasteiger partial charge is 0.462 e. The third-order valence-corrected chi connectivity index (χ3v) is 4.74. The van der Waals surface area contributed by atoms with Crippen LogP contribution >= 0.6 is 0 Å². The number of hydrogen-bond acceptors (Lipinski definition) is 2. The van der Waals surface area contributed by atoms with E-state index in [0.29, 0.717) is 12.2 Å². The molecule has 4 nitrogen and oxygen atoms in total. The van der Waals surface area contributed by atoms with E-state index in [1.807, 2.05) is 44.2 Å². The van der Waals surface area contributed by atoms with Crippen molar-refractivity contribution in [2.45, 2.75) is 26.8 Å². The Labute approximate surface area is 147 Å². The Kier molecular flexibility index (Phi) is 3.88. The van der Waals surface area contributed by atoms with E-state index in [9.17, 15) is 4.79 Å². The number of aromatic nitrogens is 2. The lowest BCUT2D eigenvalue weighted by Crippen LogP contribution is -2.42. The maximum absolute atomic E-state index is 12.7. The number of esters is 1. The fourth-order valence-corrected chi connectivity index (χ4v) is 3.61. The second-order valence-electron chi connectivity index (χ2n) is 6.26. The summed E-state index contributed by atoms with van der Waals surface area (Å²) in [5.41, 5.74) is 5.05. The molecule has 25 heavy (non-hydrogen) atoms. The lowest BCUT2D eigenvalue weighted by atomic mass is 10.0. The average Bonchev–Trinajstić information content (AvgIpc) is 2.96. The SMILES string of the molecule is CCOC(=O)C1=C(C)CC[n+]2c1n(-c1ccccc1)c1ccccc12. The molecule has 3 aromatic rings. The van der Waals surface area contributed by atoms with Gasteiger partial charge < -0.3 is 4.74 Å². The number of hydrogen-bond donors (Lipinski definition) is 0. The Balaban J connectivity index is 2.08. The molecule has 0 fully saturated rings. The van der Waals surface area contributed by atoms with Crippen LogP contribution in [0.3, 0.4) is 0 Å². The number of benzene rings is 2. The van der Waals surface area contributed by atoms with Crippen LogP contribution in [0, 0.1) is 0 Å². The van der Waals surface area contributed by atoms with Gasteiger partial charge >= 0.3 is 11.8 Å². The van der Waals surface area contributed by atoms with Crippen LogP contribution in [0.25, 0.3) is 22.3 Å². The van der Waals surface area contributed by atoms with Crippen LogP contribution in [-0.2, 0) is 16.1 Å². The molecule has 0 radical (unpaired) electrons. The summed E-state index contributed by atoms with van der Waals surface area (Å²) in [5.74, 6) is 0.669. The summed E-state index contributed by atoms with van der Waals surface area (Å²) < 4.78 is 9.78. The Morgan fingerprint density at radius 2 is 1.84 bits per heavy atom. The number of rotatable bonds is 3. The number of allylic oxidation sites excluding steroid dienone is 1. The summed E-state index contributed by atoms with van der Waals surface area (Å²) in [7, 11) is 0. The molecule has 4 heteroatoms. The summed E-state index contributed by atoms with van der Waals surface area (Å²) >= 11 is 0. The Hall–Kier alpha value is -2.88. The summed E-state index contributed by atoms with van der Waals surface area (Å²) in [6.07, 6.45) is 0.856. The van der Waals surface area contributed by atoms with Crippen molar-refractivity contribution in [1.82, 2.24) is 4.57 Å². The van der Waals surface area contributed by atoms with Crippen molar-refractivity contribution in [3.8, 4) is 5.69 Å². The summed E-state index contributed by atoms with van der Waals surface area (Å²) in [6.45, 7) is 5.12. The zero-order valence-corrected chi connectivity index (χ0v) is 14.5. The molecule has 1 aliphatic rings. The summed E-state index contributed by atoms with van der Waals surface area (Å²) in [6, 6.07) is 18.5. The molecule has 0 atom stereocenters. The number of ether oxygens (including phenoxy) is 1. The third-order valence-electron chi connectivity index (χ3n) is 4.74. The molecule has 0 amide bonds. The van der Waals surface area contributed by atoms with E-state index in [-0.39, 0.29) is 5.97 Å². The molecule has 1 aromatic heterocycles. The van der Waals surface area contributed by atoms with Gasteiger partial charge in [0.05, 0.1) is 13.2 Å². The smallest absolute Gasteiger partial charge is 0.346 e. The number of fused-ring (bicyclic) bond motifs is 3. The van der Waals surface area contributed by atoms with Gasteiger partial charge in [0.25, 0.3) is 0 Å². The molecule has 0 unspecified atom stereocenters. The molecular formula is C21H21N2O2+. The molecule has 0 spiro atoms. The van der Waals surface area contributed by atoms with Crippen molar-refractivity contribution in [3.63, 3.8) is 0 Å². The van der Waals surface area contributed by atoms with E-state index in [2.05, 4.69) is 33.4 Å². The van der Waals surface area contributed by atoms with Crippen LogP contribution < -0.4 is 4.57 Å². The van der Waals surface area contributed by atoms with Gasteiger partial charge in [0, 0.05) is 6.42 Å². The summed E-state index contributed by atoms with van der Waals surface area (Å²) in [5, 5.41) is 0. The van der Waals surface area contributed by atoms with E-state index in [1.165, 1.54) is 0 Å². The normalized spacial score (nSPS) is 13.8. The van der Waals surface area contributed by atoms with Crippen LogP contribution in [-0.4, -0.2) is 17.1 Å². The van der Waals surface area contributed by atoms with Gasteiger partial charge in [0.2, 0.25) is 0 Å². The second-order valence-corrected chi connectivity index (χ2v) is 6.26. The standard InChI is InChI=1S/C21H21N2O2/c1-3-25-21(24)19-15(2)13-14-22-17-11-7-8-12-18(17)23(20(19)22)16-9-5-4-6-10-16/h4-12H,3,13-14H2,1-2H3/q+1. The summed E-state index contributed by atoms with van der Waals surface area (Å²) in [4.78, 5) is 12.7. The molecule has 4 rings (SSSR count). The zero-order chi connectivity index (χ0) is 17.4. The quantitative estimate of drug-likeness (QED) is 0.542. The molecule has 0 saturated carbocycles. The molecular weight excluding hydrogens is 312 g/mol. The molecule has 126 valence electrons. The van der Waals surface area contributed by atoms with E-state index >= 15 is 0 Å². The molecule has 2 aromatic carbocycles. The number of para-hydroxylation sites is 3. The highest BCUT2D eigenvalue weighted by molar-refractivity contribution is 6.16. The predicted octanol–water partition coefficient (Wildman–Crippen LogP) is 3.66. The lowest BCUT2D eigenvalue weighted by Gasteiger charge is -2.15. The first-order chi connectivity index (χ1) is 12.2. The molecule has 1 aliphatic heterocycles. The first kappa shape index (κ1) is 15.6. The highest BCUT2D eigenvalue weighted by atomic mass is 16.5. The van der Waals surface area contributed by atoms with Crippen molar-refractivity contribution < 1.29 is 14.1 Å².